The Hall–Kier alpha value is -0.160. The van der Waals surface area contributed by atoms with E-state index in [1.54, 1.807) is 13.8 Å². The van der Waals surface area contributed by atoms with E-state index in [9.17, 15) is 4.79 Å². The van der Waals surface area contributed by atoms with Gasteiger partial charge in [-0.15, -0.1) is 11.7 Å². The standard InChI is InChI=1S/C6H11NO2S2/c1-6(2,11-10)4(7-3)5(8)9/h4,10H,3H2,1-2H3,(H,8,9). The van der Waals surface area contributed by atoms with Crippen molar-refractivity contribution in [2.24, 2.45) is 4.99 Å². The van der Waals surface area contributed by atoms with Crippen LogP contribution in [0.15, 0.2) is 4.99 Å². The first kappa shape index (κ1) is 10.8. The molecule has 0 saturated heterocycles. The third-order valence-corrected chi connectivity index (χ3v) is 3.42. The zero-order chi connectivity index (χ0) is 9.07. The zero-order valence-electron chi connectivity index (χ0n) is 6.44. The molecule has 0 aromatic heterocycles. The number of thiol groups is 1. The van der Waals surface area contributed by atoms with Crippen LogP contribution < -0.4 is 0 Å². The van der Waals surface area contributed by atoms with Crippen LogP contribution in [0.1, 0.15) is 13.8 Å². The number of aliphatic carboxylic acids is 1. The van der Waals surface area contributed by atoms with Gasteiger partial charge in [0.25, 0.3) is 0 Å². The van der Waals surface area contributed by atoms with Crippen molar-refractivity contribution in [1.82, 2.24) is 0 Å². The largest absolute Gasteiger partial charge is 0.480 e. The Labute approximate surface area is 75.1 Å². The highest BCUT2D eigenvalue weighted by Crippen LogP contribution is 2.32. The first-order valence-corrected chi connectivity index (χ1v) is 4.84. The third kappa shape index (κ3) is 2.75. The average molecular weight is 193 g/mol. The first-order valence-electron chi connectivity index (χ1n) is 2.97. The summed E-state index contributed by atoms with van der Waals surface area (Å²) in [5.41, 5.74) is 0. The first-order chi connectivity index (χ1) is 4.95. The lowest BCUT2D eigenvalue weighted by atomic mass is 10.0. The predicted octanol–water partition coefficient (Wildman–Crippen LogP) is 1.50. The van der Waals surface area contributed by atoms with Gasteiger partial charge in [-0.2, -0.15) is 0 Å². The maximum atomic E-state index is 10.6. The molecule has 0 saturated carbocycles. The van der Waals surface area contributed by atoms with Gasteiger partial charge in [-0.25, -0.2) is 4.79 Å². The van der Waals surface area contributed by atoms with E-state index in [2.05, 4.69) is 23.4 Å². The fraction of sp³-hybridized carbons (Fsp3) is 0.667. The maximum Gasteiger partial charge on any atom is 0.329 e. The Morgan fingerprint density at radius 1 is 1.82 bits per heavy atom. The van der Waals surface area contributed by atoms with E-state index < -0.39 is 16.8 Å². The minimum atomic E-state index is -0.966. The van der Waals surface area contributed by atoms with Gasteiger partial charge < -0.3 is 5.11 Å². The molecule has 5 heteroatoms. The molecular formula is C6H11NO2S2. The highest BCUT2D eigenvalue weighted by atomic mass is 33.1. The molecule has 3 nitrogen and oxygen atoms in total. The summed E-state index contributed by atoms with van der Waals surface area (Å²) in [7, 11) is 1.17. The molecule has 1 atom stereocenters. The van der Waals surface area contributed by atoms with Crippen molar-refractivity contribution < 1.29 is 9.90 Å². The van der Waals surface area contributed by atoms with E-state index in [1.165, 1.54) is 10.8 Å². The summed E-state index contributed by atoms with van der Waals surface area (Å²) < 4.78 is -0.517. The minimum absolute atomic E-state index is 0.517. The number of carboxylic acid groups (broad SMARTS) is 1. The van der Waals surface area contributed by atoms with E-state index in [0.29, 0.717) is 0 Å². The maximum absolute atomic E-state index is 10.6. The molecule has 0 bridgehead atoms. The second kappa shape index (κ2) is 4.01. The SMILES string of the molecule is C=NC(C(=O)O)C(C)(C)SS. The van der Waals surface area contributed by atoms with Crippen LogP contribution in [-0.4, -0.2) is 28.6 Å². The number of rotatable bonds is 4. The molecule has 0 fully saturated rings. The lowest BCUT2D eigenvalue weighted by molar-refractivity contribution is -0.138. The molecule has 0 aromatic rings. The molecule has 0 aliphatic rings. The second-order valence-corrected chi connectivity index (χ2v) is 4.40. The predicted molar refractivity (Wildman–Crippen MR) is 51.6 cm³/mol. The molecule has 64 valence electrons. The van der Waals surface area contributed by atoms with Crippen molar-refractivity contribution in [3.8, 4) is 0 Å². The van der Waals surface area contributed by atoms with Crippen LogP contribution in [0.3, 0.4) is 0 Å². The Bertz CT molecular complexity index is 170. The molecule has 0 aliphatic heterocycles. The van der Waals surface area contributed by atoms with E-state index >= 15 is 0 Å². The van der Waals surface area contributed by atoms with Gasteiger partial charge >= 0.3 is 5.97 Å². The Morgan fingerprint density at radius 3 is 2.36 bits per heavy atom. The van der Waals surface area contributed by atoms with Gasteiger partial charge in [-0.3, -0.25) is 4.99 Å². The van der Waals surface area contributed by atoms with Gasteiger partial charge in [0, 0.05) is 0 Å². The van der Waals surface area contributed by atoms with Gasteiger partial charge in [0.15, 0.2) is 6.04 Å². The van der Waals surface area contributed by atoms with Crippen LogP contribution in [-0.2, 0) is 4.79 Å². The van der Waals surface area contributed by atoms with Crippen LogP contribution in [0, 0.1) is 0 Å². The van der Waals surface area contributed by atoms with Gasteiger partial charge in [-0.05, 0) is 20.6 Å². The molecule has 1 N–H and O–H groups in total. The Kier molecular flexibility index (Phi) is 3.96. The molecule has 0 aliphatic carbocycles. The number of carbonyl (C=O) groups is 1. The summed E-state index contributed by atoms with van der Waals surface area (Å²) in [6.45, 7) is 6.74. The van der Waals surface area contributed by atoms with Crippen molar-refractivity contribution in [1.29, 1.82) is 0 Å². The number of hydrogen-bond donors (Lipinski definition) is 2. The summed E-state index contributed by atoms with van der Waals surface area (Å²) >= 11 is 3.95. The Morgan fingerprint density at radius 2 is 2.27 bits per heavy atom. The summed E-state index contributed by atoms with van der Waals surface area (Å²) in [6.07, 6.45) is 0. The van der Waals surface area contributed by atoms with Crippen molar-refractivity contribution in [3.63, 3.8) is 0 Å². The van der Waals surface area contributed by atoms with Crippen LogP contribution >= 0.6 is 22.5 Å². The molecule has 0 aromatic carbocycles. The average Bonchev–Trinajstić information content (AvgIpc) is 1.88. The van der Waals surface area contributed by atoms with Gasteiger partial charge in [0.05, 0.1) is 4.75 Å². The van der Waals surface area contributed by atoms with E-state index in [4.69, 9.17) is 5.11 Å². The molecular weight excluding hydrogens is 182 g/mol. The van der Waals surface area contributed by atoms with Gasteiger partial charge in [0.1, 0.15) is 0 Å². The van der Waals surface area contributed by atoms with E-state index in [0.717, 1.165) is 0 Å². The summed E-state index contributed by atoms with van der Waals surface area (Å²) in [6, 6.07) is -0.801. The van der Waals surface area contributed by atoms with E-state index in [-0.39, 0.29) is 0 Å². The number of aliphatic imine (C=N–C) groups is 1. The van der Waals surface area contributed by atoms with Crippen molar-refractivity contribution in [2.75, 3.05) is 0 Å². The molecule has 0 amide bonds. The number of hydrogen-bond acceptors (Lipinski definition) is 4. The smallest absolute Gasteiger partial charge is 0.329 e. The molecule has 1 unspecified atom stereocenters. The fourth-order valence-electron chi connectivity index (χ4n) is 0.645. The highest BCUT2D eigenvalue weighted by Gasteiger charge is 2.34. The normalized spacial score (nSPS) is 14.1. The summed E-state index contributed by atoms with van der Waals surface area (Å²) in [5.74, 6) is -0.966. The van der Waals surface area contributed by atoms with Gasteiger partial charge in [-0.1, -0.05) is 10.8 Å². The third-order valence-electron chi connectivity index (χ3n) is 1.31. The van der Waals surface area contributed by atoms with Crippen LogP contribution in [0.25, 0.3) is 0 Å². The lowest BCUT2D eigenvalue weighted by Crippen LogP contribution is -2.37. The molecule has 0 heterocycles. The second-order valence-electron chi connectivity index (χ2n) is 2.62. The lowest BCUT2D eigenvalue weighted by Gasteiger charge is -2.24. The molecule has 0 rings (SSSR count). The van der Waals surface area contributed by atoms with Gasteiger partial charge in [0.2, 0.25) is 0 Å². The van der Waals surface area contributed by atoms with E-state index in [1.807, 2.05) is 0 Å². The van der Waals surface area contributed by atoms with Crippen molar-refractivity contribution >= 4 is 35.1 Å². The van der Waals surface area contributed by atoms with Crippen molar-refractivity contribution in [3.05, 3.63) is 0 Å². The molecule has 11 heavy (non-hydrogen) atoms. The monoisotopic (exact) mass is 193 g/mol. The highest BCUT2D eigenvalue weighted by molar-refractivity contribution is 8.69. The van der Waals surface area contributed by atoms with Crippen molar-refractivity contribution in [2.45, 2.75) is 24.6 Å². The fourth-order valence-corrected chi connectivity index (χ4v) is 1.22. The topological polar surface area (TPSA) is 49.7 Å². The zero-order valence-corrected chi connectivity index (χ0v) is 8.15. The number of carboxylic acids is 1. The Balaban J connectivity index is 4.48. The quantitative estimate of drug-likeness (QED) is 0.404. The number of nitrogens with zero attached hydrogens (tertiary/aromatic N) is 1. The molecule has 0 spiro atoms. The summed E-state index contributed by atoms with van der Waals surface area (Å²) in [5, 5.41) is 8.66. The summed E-state index contributed by atoms with van der Waals surface area (Å²) in [4.78, 5) is 14.1. The minimum Gasteiger partial charge on any atom is -0.480 e. The van der Waals surface area contributed by atoms with Crippen LogP contribution in [0.5, 0.6) is 0 Å². The van der Waals surface area contributed by atoms with Crippen LogP contribution in [0.2, 0.25) is 0 Å². The molecule has 0 radical (unpaired) electrons. The van der Waals surface area contributed by atoms with Crippen LogP contribution in [0.4, 0.5) is 0 Å².